The van der Waals surface area contributed by atoms with Gasteiger partial charge >= 0.3 is 0 Å². The maximum Gasteiger partial charge on any atom is 0.237 e. The van der Waals surface area contributed by atoms with Crippen molar-refractivity contribution in [1.29, 1.82) is 0 Å². The van der Waals surface area contributed by atoms with E-state index in [1.165, 1.54) is 0 Å². The van der Waals surface area contributed by atoms with Crippen molar-refractivity contribution in [2.75, 3.05) is 13.1 Å². The van der Waals surface area contributed by atoms with Crippen LogP contribution < -0.4 is 5.43 Å². The molecule has 0 aliphatic rings. The molecule has 0 fully saturated rings. The predicted octanol–water partition coefficient (Wildman–Crippen LogP) is 1.72. The van der Waals surface area contributed by atoms with E-state index in [1.807, 2.05) is 13.8 Å². The number of nitrogens with zero attached hydrogens (tertiary/aromatic N) is 2. The van der Waals surface area contributed by atoms with E-state index in [-0.39, 0.29) is 37.1 Å². The van der Waals surface area contributed by atoms with Crippen LogP contribution >= 0.6 is 24.8 Å². The molecule has 0 bridgehead atoms. The highest BCUT2D eigenvalue weighted by Crippen LogP contribution is 2.14. The number of aliphatic hydroxyl groups excluding tert-OH is 1. The Labute approximate surface area is 126 Å². The molecule has 1 aromatic rings. The normalized spacial score (nSPS) is 11.2. The Morgan fingerprint density at radius 3 is 2.32 bits per heavy atom. The second kappa shape index (κ2) is 11.0. The minimum atomic E-state index is -0.784. The Hall–Kier alpha value is -0.880. The summed E-state index contributed by atoms with van der Waals surface area (Å²) < 4.78 is 0. The summed E-state index contributed by atoms with van der Waals surface area (Å²) in [6.07, 6.45) is 2.47. The number of hydrazine groups is 1. The van der Waals surface area contributed by atoms with Gasteiger partial charge in [-0.2, -0.15) is 0 Å². The number of carbonyl (C=O) groups is 1. The number of aromatic nitrogens is 1. The topological polar surface area (TPSA) is 65.5 Å². The molecule has 0 radical (unpaired) electrons. The SMILES string of the molecule is CCN(CC)NC(=O)CC(O)c1ccncc1.Cl.Cl. The van der Waals surface area contributed by atoms with Crippen molar-refractivity contribution in [2.45, 2.75) is 26.4 Å². The van der Waals surface area contributed by atoms with Gasteiger partial charge in [-0.1, -0.05) is 13.8 Å². The number of hydrogen-bond donors (Lipinski definition) is 2. The van der Waals surface area contributed by atoms with Crippen molar-refractivity contribution < 1.29 is 9.90 Å². The zero-order valence-corrected chi connectivity index (χ0v) is 12.7. The molecule has 0 aliphatic heterocycles. The Bertz CT molecular complexity index is 348. The number of carbonyl (C=O) groups excluding carboxylic acids is 1. The maximum absolute atomic E-state index is 11.6. The van der Waals surface area contributed by atoms with Gasteiger partial charge < -0.3 is 5.11 Å². The molecule has 1 amide bonds. The summed E-state index contributed by atoms with van der Waals surface area (Å²) in [5.41, 5.74) is 3.44. The van der Waals surface area contributed by atoms with E-state index in [0.717, 1.165) is 13.1 Å². The van der Waals surface area contributed by atoms with Crippen LogP contribution in [-0.4, -0.2) is 34.1 Å². The Morgan fingerprint density at radius 2 is 1.84 bits per heavy atom. The lowest BCUT2D eigenvalue weighted by Gasteiger charge is -2.20. The molecule has 1 aromatic heterocycles. The number of amides is 1. The molecule has 7 heteroatoms. The molecule has 0 spiro atoms. The average molecular weight is 310 g/mol. The fourth-order valence-electron chi connectivity index (χ4n) is 1.48. The van der Waals surface area contributed by atoms with Gasteiger partial charge in [0, 0.05) is 25.5 Å². The summed E-state index contributed by atoms with van der Waals surface area (Å²) in [7, 11) is 0. The summed E-state index contributed by atoms with van der Waals surface area (Å²) in [4.78, 5) is 15.5. The summed E-state index contributed by atoms with van der Waals surface area (Å²) in [6.45, 7) is 5.41. The number of halogens is 2. The van der Waals surface area contributed by atoms with Crippen LogP contribution in [0, 0.1) is 0 Å². The van der Waals surface area contributed by atoms with Crippen LogP contribution in [0.2, 0.25) is 0 Å². The number of aliphatic hydroxyl groups is 1. The molecular formula is C12H21Cl2N3O2. The second-order valence-corrected chi connectivity index (χ2v) is 3.71. The molecular weight excluding hydrogens is 289 g/mol. The Morgan fingerprint density at radius 1 is 1.32 bits per heavy atom. The lowest BCUT2D eigenvalue weighted by atomic mass is 10.1. The van der Waals surface area contributed by atoms with E-state index in [4.69, 9.17) is 0 Å². The van der Waals surface area contributed by atoms with Gasteiger partial charge in [0.25, 0.3) is 0 Å². The smallest absolute Gasteiger partial charge is 0.237 e. The molecule has 5 nitrogen and oxygen atoms in total. The van der Waals surface area contributed by atoms with Crippen LogP contribution in [0.5, 0.6) is 0 Å². The fourth-order valence-corrected chi connectivity index (χ4v) is 1.48. The van der Waals surface area contributed by atoms with Crippen LogP contribution in [0.25, 0.3) is 0 Å². The third-order valence-corrected chi connectivity index (χ3v) is 2.52. The molecule has 0 aliphatic carbocycles. The van der Waals surface area contributed by atoms with Gasteiger partial charge in [-0.25, -0.2) is 5.01 Å². The minimum Gasteiger partial charge on any atom is -0.388 e. The molecule has 0 saturated carbocycles. The van der Waals surface area contributed by atoms with Crippen molar-refractivity contribution in [3.05, 3.63) is 30.1 Å². The number of nitrogens with one attached hydrogen (secondary N) is 1. The molecule has 19 heavy (non-hydrogen) atoms. The molecule has 110 valence electrons. The van der Waals surface area contributed by atoms with Crippen molar-refractivity contribution >= 4 is 30.7 Å². The van der Waals surface area contributed by atoms with E-state index in [2.05, 4.69) is 10.4 Å². The number of hydrogen-bond acceptors (Lipinski definition) is 4. The summed E-state index contributed by atoms with van der Waals surface area (Å²) in [5.74, 6) is -0.182. The molecule has 1 heterocycles. The van der Waals surface area contributed by atoms with Gasteiger partial charge in [0.15, 0.2) is 0 Å². The van der Waals surface area contributed by atoms with E-state index in [1.54, 1.807) is 29.5 Å². The highest BCUT2D eigenvalue weighted by atomic mass is 35.5. The lowest BCUT2D eigenvalue weighted by Crippen LogP contribution is -2.42. The molecule has 0 saturated heterocycles. The van der Waals surface area contributed by atoms with E-state index in [9.17, 15) is 9.90 Å². The summed E-state index contributed by atoms with van der Waals surface area (Å²) >= 11 is 0. The largest absolute Gasteiger partial charge is 0.388 e. The summed E-state index contributed by atoms with van der Waals surface area (Å²) in [6, 6.07) is 3.41. The first-order valence-corrected chi connectivity index (χ1v) is 5.79. The summed E-state index contributed by atoms with van der Waals surface area (Å²) in [5, 5.41) is 11.6. The van der Waals surface area contributed by atoms with Gasteiger partial charge in [-0.05, 0) is 17.7 Å². The van der Waals surface area contributed by atoms with Gasteiger partial charge in [-0.3, -0.25) is 15.2 Å². The highest BCUT2D eigenvalue weighted by Gasteiger charge is 2.13. The predicted molar refractivity (Wildman–Crippen MR) is 79.4 cm³/mol. The van der Waals surface area contributed by atoms with Crippen LogP contribution in [-0.2, 0) is 4.79 Å². The second-order valence-electron chi connectivity index (χ2n) is 3.71. The molecule has 0 aromatic carbocycles. The quantitative estimate of drug-likeness (QED) is 0.785. The fraction of sp³-hybridized carbons (Fsp3) is 0.500. The standard InChI is InChI=1S/C12H19N3O2.2ClH/c1-3-15(4-2)14-12(17)9-11(16)10-5-7-13-8-6-10;;/h5-8,11,16H,3-4,9H2,1-2H3,(H,14,17);2*1H. The van der Waals surface area contributed by atoms with Gasteiger partial charge in [-0.15, -0.1) is 24.8 Å². The maximum atomic E-state index is 11.6. The molecule has 2 N–H and O–H groups in total. The van der Waals surface area contributed by atoms with E-state index < -0.39 is 6.10 Å². The van der Waals surface area contributed by atoms with Crippen molar-refractivity contribution in [1.82, 2.24) is 15.4 Å². The van der Waals surface area contributed by atoms with Gasteiger partial charge in [0.1, 0.15) is 0 Å². The Balaban J connectivity index is 0. The molecule has 1 rings (SSSR count). The van der Waals surface area contributed by atoms with E-state index in [0.29, 0.717) is 5.56 Å². The average Bonchev–Trinajstić information content (AvgIpc) is 2.37. The van der Waals surface area contributed by atoms with Crippen molar-refractivity contribution in [2.24, 2.45) is 0 Å². The zero-order chi connectivity index (χ0) is 12.7. The molecule has 1 unspecified atom stereocenters. The number of pyridine rings is 1. The van der Waals surface area contributed by atoms with E-state index >= 15 is 0 Å². The van der Waals surface area contributed by atoms with Crippen LogP contribution in [0.15, 0.2) is 24.5 Å². The van der Waals surface area contributed by atoms with Gasteiger partial charge in [0.2, 0.25) is 5.91 Å². The van der Waals surface area contributed by atoms with Crippen molar-refractivity contribution in [3.8, 4) is 0 Å². The lowest BCUT2D eigenvalue weighted by molar-refractivity contribution is -0.127. The Kier molecular flexibility index (Phi) is 11.8. The van der Waals surface area contributed by atoms with Crippen LogP contribution in [0.1, 0.15) is 31.9 Å². The van der Waals surface area contributed by atoms with Crippen LogP contribution in [0.3, 0.4) is 0 Å². The third-order valence-electron chi connectivity index (χ3n) is 2.52. The van der Waals surface area contributed by atoms with Crippen LogP contribution in [0.4, 0.5) is 0 Å². The first-order valence-electron chi connectivity index (χ1n) is 5.79. The number of rotatable bonds is 6. The minimum absolute atomic E-state index is 0. The molecule has 1 atom stereocenters. The first-order chi connectivity index (χ1) is 8.17. The first kappa shape index (κ1) is 20.4. The van der Waals surface area contributed by atoms with Gasteiger partial charge in [0.05, 0.1) is 12.5 Å². The monoisotopic (exact) mass is 309 g/mol. The zero-order valence-electron chi connectivity index (χ0n) is 11.1. The third kappa shape index (κ3) is 7.32. The highest BCUT2D eigenvalue weighted by molar-refractivity contribution is 5.85. The van der Waals surface area contributed by atoms with Crippen molar-refractivity contribution in [3.63, 3.8) is 0 Å².